The van der Waals surface area contributed by atoms with Crippen molar-refractivity contribution < 1.29 is 13.6 Å². The molecule has 3 nitrogen and oxygen atoms in total. The predicted octanol–water partition coefficient (Wildman–Crippen LogP) is 3.83. The van der Waals surface area contributed by atoms with Gasteiger partial charge in [-0.15, -0.1) is 0 Å². The molecule has 0 amide bonds. The minimum absolute atomic E-state index is 0.0511. The average Bonchev–Trinajstić information content (AvgIpc) is 2.03. The Labute approximate surface area is 87.7 Å². The van der Waals surface area contributed by atoms with Gasteiger partial charge in [0.25, 0.3) is 0 Å². The normalized spacial score (nSPS) is 16.2. The lowest BCUT2D eigenvalue weighted by atomic mass is 10.4. The van der Waals surface area contributed by atoms with Crippen molar-refractivity contribution in [1.82, 2.24) is 0 Å². The Morgan fingerprint density at radius 3 is 2.14 bits per heavy atom. The van der Waals surface area contributed by atoms with Gasteiger partial charge >= 0.3 is 7.60 Å². The summed E-state index contributed by atoms with van der Waals surface area (Å²) in [7, 11) is -2.88. The number of hydrogen-bond donors (Lipinski definition) is 0. The Balaban J connectivity index is 4.18. The van der Waals surface area contributed by atoms with Gasteiger partial charge in [-0.05, 0) is 20.3 Å². The quantitative estimate of drug-likeness (QED) is 0.485. The first kappa shape index (κ1) is 14.2. The zero-order valence-electron chi connectivity index (χ0n) is 9.95. The molecule has 0 spiro atoms. The zero-order valence-corrected chi connectivity index (χ0v) is 10.8. The molecule has 0 aromatic carbocycles. The summed E-state index contributed by atoms with van der Waals surface area (Å²) in [6.07, 6.45) is 1.92. The molecule has 0 aromatic heterocycles. The second kappa shape index (κ2) is 6.60. The molecular formula is C10H23O3P. The van der Waals surface area contributed by atoms with E-state index in [1.165, 1.54) is 0 Å². The van der Waals surface area contributed by atoms with Crippen molar-refractivity contribution >= 4 is 7.60 Å². The van der Waals surface area contributed by atoms with Crippen molar-refractivity contribution in [3.8, 4) is 0 Å². The lowest BCUT2D eigenvalue weighted by Gasteiger charge is -2.23. The molecule has 1 atom stereocenters. The van der Waals surface area contributed by atoms with Crippen LogP contribution in [0.3, 0.4) is 0 Å². The number of unbranched alkanes of at least 4 members (excludes halogenated alkanes) is 1. The summed E-state index contributed by atoms with van der Waals surface area (Å²) in [5.74, 6) is 0. The Bertz CT molecular complexity index is 190. The molecule has 0 aliphatic carbocycles. The Morgan fingerprint density at radius 2 is 1.79 bits per heavy atom. The molecule has 0 N–H and O–H groups in total. The molecule has 14 heavy (non-hydrogen) atoms. The van der Waals surface area contributed by atoms with E-state index >= 15 is 0 Å². The number of rotatable bonds is 7. The third-order valence-electron chi connectivity index (χ3n) is 1.76. The maximum absolute atomic E-state index is 12.2. The van der Waals surface area contributed by atoms with Crippen LogP contribution in [0.2, 0.25) is 0 Å². The minimum atomic E-state index is -2.88. The fourth-order valence-corrected chi connectivity index (χ4v) is 2.50. The van der Waals surface area contributed by atoms with E-state index < -0.39 is 7.60 Å². The summed E-state index contributed by atoms with van der Waals surface area (Å²) in [4.78, 5) is 0. The molecule has 0 fully saturated rings. The second-order valence-electron chi connectivity index (χ2n) is 3.97. The van der Waals surface area contributed by atoms with Crippen LogP contribution in [0.15, 0.2) is 0 Å². The van der Waals surface area contributed by atoms with Crippen LogP contribution in [0, 0.1) is 0 Å². The van der Waals surface area contributed by atoms with Gasteiger partial charge in [-0.3, -0.25) is 4.57 Å². The van der Waals surface area contributed by atoms with E-state index in [9.17, 15) is 4.57 Å². The Morgan fingerprint density at radius 1 is 1.21 bits per heavy atom. The summed E-state index contributed by atoms with van der Waals surface area (Å²) < 4.78 is 22.9. The van der Waals surface area contributed by atoms with Crippen molar-refractivity contribution in [2.24, 2.45) is 0 Å². The highest BCUT2D eigenvalue weighted by Crippen LogP contribution is 2.53. The molecule has 4 heteroatoms. The zero-order chi connectivity index (χ0) is 11.2. The van der Waals surface area contributed by atoms with Gasteiger partial charge in [0.05, 0.1) is 18.4 Å². The predicted molar refractivity (Wildman–Crippen MR) is 59.8 cm³/mol. The summed E-state index contributed by atoms with van der Waals surface area (Å²) in [5.41, 5.74) is -0.0678. The first-order valence-electron chi connectivity index (χ1n) is 5.35. The molecule has 0 aliphatic heterocycles. The topological polar surface area (TPSA) is 35.5 Å². The van der Waals surface area contributed by atoms with E-state index in [1.54, 1.807) is 0 Å². The average molecular weight is 222 g/mol. The molecule has 0 saturated heterocycles. The van der Waals surface area contributed by atoms with Crippen LogP contribution in [0.1, 0.15) is 47.5 Å². The van der Waals surface area contributed by atoms with Crippen molar-refractivity contribution in [1.29, 1.82) is 0 Å². The van der Waals surface area contributed by atoms with E-state index in [-0.39, 0.29) is 11.8 Å². The molecule has 0 radical (unpaired) electrons. The third-order valence-corrected chi connectivity index (χ3v) is 4.28. The van der Waals surface area contributed by atoms with Crippen LogP contribution in [0.5, 0.6) is 0 Å². The summed E-state index contributed by atoms with van der Waals surface area (Å²) >= 11 is 0. The van der Waals surface area contributed by atoms with Gasteiger partial charge in [0.2, 0.25) is 0 Å². The molecule has 0 rings (SSSR count). The molecule has 86 valence electrons. The largest absolute Gasteiger partial charge is 0.333 e. The Kier molecular flexibility index (Phi) is 6.67. The van der Waals surface area contributed by atoms with Crippen molar-refractivity contribution in [2.45, 2.75) is 59.2 Å². The molecule has 0 bridgehead atoms. The maximum atomic E-state index is 12.2. The van der Waals surface area contributed by atoms with Gasteiger partial charge in [0.1, 0.15) is 0 Å². The van der Waals surface area contributed by atoms with Crippen LogP contribution in [0.4, 0.5) is 0 Å². The number of hydrogen-bond acceptors (Lipinski definition) is 3. The van der Waals surface area contributed by atoms with Crippen LogP contribution >= 0.6 is 7.60 Å². The van der Waals surface area contributed by atoms with Gasteiger partial charge in [0, 0.05) is 0 Å². The van der Waals surface area contributed by atoms with Crippen molar-refractivity contribution in [3.63, 3.8) is 0 Å². The summed E-state index contributed by atoms with van der Waals surface area (Å²) in [5, 5.41) is 0. The highest BCUT2D eigenvalue weighted by Gasteiger charge is 2.30. The lowest BCUT2D eigenvalue weighted by Crippen LogP contribution is -2.11. The fraction of sp³-hybridized carbons (Fsp3) is 1.00. The molecular weight excluding hydrogens is 199 g/mol. The third kappa shape index (κ3) is 5.14. The van der Waals surface area contributed by atoms with Crippen molar-refractivity contribution in [3.05, 3.63) is 0 Å². The first-order chi connectivity index (χ1) is 6.42. The highest BCUT2D eigenvalue weighted by atomic mass is 31.2. The fourth-order valence-electron chi connectivity index (χ4n) is 0.931. The highest BCUT2D eigenvalue weighted by molar-refractivity contribution is 7.54. The van der Waals surface area contributed by atoms with E-state index in [1.807, 2.05) is 27.7 Å². The van der Waals surface area contributed by atoms with Crippen LogP contribution in [-0.2, 0) is 13.6 Å². The molecule has 0 aromatic rings. The molecule has 0 heterocycles. The van der Waals surface area contributed by atoms with Crippen molar-refractivity contribution in [2.75, 3.05) is 6.61 Å². The van der Waals surface area contributed by atoms with E-state index in [0.717, 1.165) is 12.8 Å². The monoisotopic (exact) mass is 222 g/mol. The summed E-state index contributed by atoms with van der Waals surface area (Å²) in [6.45, 7) is 10.1. The van der Waals surface area contributed by atoms with E-state index in [4.69, 9.17) is 9.05 Å². The molecule has 1 unspecified atom stereocenters. The minimum Gasteiger partial charge on any atom is -0.308 e. The maximum Gasteiger partial charge on any atom is 0.333 e. The standard InChI is InChI=1S/C10H23O3P/c1-6-7-8-12-14(11,10(4)5)13-9(2)3/h9-10H,6-8H2,1-5H3. The van der Waals surface area contributed by atoms with Gasteiger partial charge in [-0.1, -0.05) is 27.2 Å². The van der Waals surface area contributed by atoms with E-state index in [2.05, 4.69) is 6.92 Å². The van der Waals surface area contributed by atoms with Crippen LogP contribution in [-0.4, -0.2) is 18.4 Å². The van der Waals surface area contributed by atoms with Gasteiger partial charge in [-0.25, -0.2) is 0 Å². The SMILES string of the molecule is CCCCOP(=O)(OC(C)C)C(C)C. The van der Waals surface area contributed by atoms with Gasteiger partial charge < -0.3 is 9.05 Å². The second-order valence-corrected chi connectivity index (χ2v) is 6.56. The first-order valence-corrected chi connectivity index (χ1v) is 6.96. The summed E-state index contributed by atoms with van der Waals surface area (Å²) in [6, 6.07) is 0. The van der Waals surface area contributed by atoms with Crippen LogP contribution in [0.25, 0.3) is 0 Å². The van der Waals surface area contributed by atoms with Crippen LogP contribution < -0.4 is 0 Å². The molecule has 0 aliphatic rings. The molecule has 0 saturated carbocycles. The smallest absolute Gasteiger partial charge is 0.308 e. The Hall–Kier alpha value is 0.150. The van der Waals surface area contributed by atoms with Gasteiger partial charge in [-0.2, -0.15) is 0 Å². The van der Waals surface area contributed by atoms with Gasteiger partial charge in [0.15, 0.2) is 0 Å². The van der Waals surface area contributed by atoms with E-state index in [0.29, 0.717) is 6.61 Å². The lowest BCUT2D eigenvalue weighted by molar-refractivity contribution is 0.162.